The van der Waals surface area contributed by atoms with Crippen LogP contribution >= 0.6 is 0 Å². The molecule has 0 unspecified atom stereocenters. The number of hydrogen-bond acceptors (Lipinski definition) is 5. The number of likely N-dealkylation sites (tertiary alicyclic amines) is 1. The number of fused-ring (bicyclic) bond motifs is 1. The van der Waals surface area contributed by atoms with Gasteiger partial charge in [-0.2, -0.15) is 5.10 Å². The average Bonchev–Trinajstić information content (AvgIpc) is 2.77. The zero-order valence-corrected chi connectivity index (χ0v) is 18.1. The monoisotopic (exact) mass is 435 g/mol. The Morgan fingerprint density at radius 3 is 2.56 bits per heavy atom. The molecule has 3 aromatic rings. The van der Waals surface area contributed by atoms with Crippen LogP contribution in [0, 0.1) is 5.82 Å². The summed E-state index contributed by atoms with van der Waals surface area (Å²) in [5.41, 5.74) is 1.31. The van der Waals surface area contributed by atoms with Gasteiger partial charge >= 0.3 is 0 Å². The third-order valence-electron chi connectivity index (χ3n) is 6.61. The number of hydrogen-bond donors (Lipinski definition) is 1. The molecule has 0 aliphatic carbocycles. The van der Waals surface area contributed by atoms with Crippen molar-refractivity contribution in [2.24, 2.45) is 0 Å². The maximum atomic E-state index is 14.6. The molecule has 2 aromatic carbocycles. The van der Waals surface area contributed by atoms with Crippen LogP contribution in [0.4, 0.5) is 4.39 Å². The molecular weight excluding hydrogens is 409 g/mol. The lowest BCUT2D eigenvalue weighted by Gasteiger charge is -2.47. The number of rotatable bonds is 4. The topological polar surface area (TPSA) is 72.5 Å². The zero-order valence-electron chi connectivity index (χ0n) is 18.1. The number of halogens is 1. The zero-order chi connectivity index (χ0) is 22.2. The van der Waals surface area contributed by atoms with E-state index in [0.29, 0.717) is 36.6 Å². The van der Waals surface area contributed by atoms with Crippen molar-refractivity contribution in [3.05, 3.63) is 75.5 Å². The van der Waals surface area contributed by atoms with Gasteiger partial charge in [0.25, 0.3) is 11.5 Å². The highest BCUT2D eigenvalue weighted by Crippen LogP contribution is 2.23. The van der Waals surface area contributed by atoms with Crippen molar-refractivity contribution in [3.8, 4) is 0 Å². The highest BCUT2D eigenvalue weighted by Gasteiger charge is 2.36. The number of likely N-dealkylation sites (N-methyl/N-ethyl adjacent to an activating group) is 1. The molecule has 2 fully saturated rings. The normalized spacial score (nSPS) is 18.1. The molecule has 5 rings (SSSR count). The van der Waals surface area contributed by atoms with Crippen molar-refractivity contribution >= 4 is 16.7 Å². The lowest BCUT2D eigenvalue weighted by atomic mass is 10.00. The van der Waals surface area contributed by atoms with Gasteiger partial charge in [0, 0.05) is 57.1 Å². The van der Waals surface area contributed by atoms with Crippen LogP contribution < -0.4 is 5.56 Å². The number of aromatic amines is 1. The van der Waals surface area contributed by atoms with E-state index in [9.17, 15) is 14.0 Å². The number of carbonyl (C=O) groups excluding carboxylic acids is 1. The highest BCUT2D eigenvalue weighted by atomic mass is 19.1. The molecule has 0 saturated carbocycles. The van der Waals surface area contributed by atoms with E-state index in [1.807, 2.05) is 12.1 Å². The Bertz CT molecular complexity index is 1210. The smallest absolute Gasteiger partial charge is 0.272 e. The minimum absolute atomic E-state index is 0.0908. The van der Waals surface area contributed by atoms with Crippen LogP contribution in [0.2, 0.25) is 0 Å². The molecule has 32 heavy (non-hydrogen) atoms. The molecule has 0 radical (unpaired) electrons. The fourth-order valence-corrected chi connectivity index (χ4v) is 4.56. The minimum Gasteiger partial charge on any atom is -0.335 e. The second kappa shape index (κ2) is 8.44. The summed E-state index contributed by atoms with van der Waals surface area (Å²) in [5.74, 6) is -0.782. The first-order chi connectivity index (χ1) is 15.5. The van der Waals surface area contributed by atoms with Crippen LogP contribution in [-0.4, -0.2) is 83.2 Å². The highest BCUT2D eigenvalue weighted by molar-refractivity contribution is 5.95. The van der Waals surface area contributed by atoms with Crippen molar-refractivity contribution in [2.45, 2.75) is 12.5 Å². The number of benzene rings is 2. The SMILES string of the molecule is CN1CCN(C2CN(C(=O)c3cc(Cc4n[nH]c(=O)c5ccccc45)ccc3F)C2)CC1. The van der Waals surface area contributed by atoms with E-state index in [-0.39, 0.29) is 17.0 Å². The van der Waals surface area contributed by atoms with Gasteiger partial charge in [-0.3, -0.25) is 14.5 Å². The lowest BCUT2D eigenvalue weighted by Crippen LogP contribution is -2.64. The summed E-state index contributed by atoms with van der Waals surface area (Å²) < 4.78 is 14.6. The van der Waals surface area contributed by atoms with Crippen molar-refractivity contribution in [3.63, 3.8) is 0 Å². The molecule has 2 saturated heterocycles. The van der Waals surface area contributed by atoms with Gasteiger partial charge in [0.1, 0.15) is 5.82 Å². The van der Waals surface area contributed by atoms with Gasteiger partial charge in [0.2, 0.25) is 0 Å². The molecule has 7 nitrogen and oxygen atoms in total. The quantitative estimate of drug-likeness (QED) is 0.676. The number of aromatic nitrogens is 2. The first-order valence-corrected chi connectivity index (χ1v) is 11.0. The number of nitrogens with zero attached hydrogens (tertiary/aromatic N) is 4. The first kappa shape index (κ1) is 20.8. The van der Waals surface area contributed by atoms with E-state index in [0.717, 1.165) is 37.1 Å². The van der Waals surface area contributed by atoms with Gasteiger partial charge < -0.3 is 9.80 Å². The van der Waals surface area contributed by atoms with Crippen molar-refractivity contribution in [2.75, 3.05) is 46.3 Å². The van der Waals surface area contributed by atoms with Gasteiger partial charge in [-0.15, -0.1) is 0 Å². The van der Waals surface area contributed by atoms with Crippen LogP contribution in [0.15, 0.2) is 47.3 Å². The standard InChI is InChI=1S/C24H26FN5O2/c1-28-8-10-29(11-9-28)17-14-30(15-17)24(32)20-12-16(6-7-21(20)25)13-22-18-4-2-3-5-19(18)23(31)27-26-22/h2-7,12,17H,8-11,13-15H2,1H3,(H,27,31). The predicted octanol–water partition coefficient (Wildman–Crippen LogP) is 1.72. The van der Waals surface area contributed by atoms with Gasteiger partial charge in [0.15, 0.2) is 0 Å². The second-order valence-corrected chi connectivity index (χ2v) is 8.74. The molecule has 8 heteroatoms. The molecule has 1 amide bonds. The summed E-state index contributed by atoms with van der Waals surface area (Å²) in [6.45, 7) is 5.36. The maximum absolute atomic E-state index is 14.6. The van der Waals surface area contributed by atoms with Crippen molar-refractivity contribution < 1.29 is 9.18 Å². The molecule has 1 aromatic heterocycles. The third-order valence-corrected chi connectivity index (χ3v) is 6.61. The number of H-pyrrole nitrogens is 1. The summed E-state index contributed by atoms with van der Waals surface area (Å²) in [6.07, 6.45) is 0.391. The first-order valence-electron chi connectivity index (χ1n) is 11.0. The Labute approximate surface area is 185 Å². The second-order valence-electron chi connectivity index (χ2n) is 8.74. The Morgan fingerprint density at radius 1 is 1.09 bits per heavy atom. The fourth-order valence-electron chi connectivity index (χ4n) is 4.56. The summed E-state index contributed by atoms with van der Waals surface area (Å²) in [5, 5.41) is 8.03. The lowest BCUT2D eigenvalue weighted by molar-refractivity contribution is 0.0107. The van der Waals surface area contributed by atoms with Crippen molar-refractivity contribution in [1.82, 2.24) is 24.9 Å². The largest absolute Gasteiger partial charge is 0.335 e. The minimum atomic E-state index is -0.513. The number of amides is 1. The van der Waals surface area contributed by atoms with Crippen LogP contribution in [0.5, 0.6) is 0 Å². The summed E-state index contributed by atoms with van der Waals surface area (Å²) >= 11 is 0. The number of carbonyl (C=O) groups is 1. The van der Waals surface area contributed by atoms with E-state index in [4.69, 9.17) is 0 Å². The number of piperazine rings is 1. The van der Waals surface area contributed by atoms with E-state index < -0.39 is 5.82 Å². The average molecular weight is 436 g/mol. The Morgan fingerprint density at radius 2 is 1.81 bits per heavy atom. The Kier molecular flexibility index (Phi) is 5.48. The fraction of sp³-hybridized carbons (Fsp3) is 0.375. The summed E-state index contributed by atoms with van der Waals surface area (Å²) in [7, 11) is 2.12. The third kappa shape index (κ3) is 3.91. The molecule has 3 heterocycles. The molecule has 0 bridgehead atoms. The molecule has 0 atom stereocenters. The molecular formula is C24H26FN5O2. The van der Waals surface area contributed by atoms with Crippen LogP contribution in [0.1, 0.15) is 21.6 Å². The molecule has 2 aliphatic rings. The van der Waals surface area contributed by atoms with E-state index >= 15 is 0 Å². The van der Waals surface area contributed by atoms with E-state index in [1.54, 1.807) is 29.2 Å². The van der Waals surface area contributed by atoms with Crippen molar-refractivity contribution in [1.29, 1.82) is 0 Å². The molecule has 1 N–H and O–H groups in total. The summed E-state index contributed by atoms with van der Waals surface area (Å²) in [4.78, 5) is 31.5. The van der Waals surface area contributed by atoms with Crippen LogP contribution in [0.3, 0.4) is 0 Å². The predicted molar refractivity (Wildman–Crippen MR) is 120 cm³/mol. The summed E-state index contributed by atoms with van der Waals surface area (Å²) in [6, 6.07) is 12.2. The Hall–Kier alpha value is -3.10. The number of nitrogens with one attached hydrogen (secondary N) is 1. The van der Waals surface area contributed by atoms with Gasteiger partial charge in [0.05, 0.1) is 16.6 Å². The molecule has 166 valence electrons. The van der Waals surface area contributed by atoms with Gasteiger partial charge in [-0.05, 0) is 30.8 Å². The van der Waals surface area contributed by atoms with Gasteiger partial charge in [-0.1, -0.05) is 24.3 Å². The Balaban J connectivity index is 1.31. The van der Waals surface area contributed by atoms with Crippen LogP contribution in [0.25, 0.3) is 10.8 Å². The maximum Gasteiger partial charge on any atom is 0.272 e. The van der Waals surface area contributed by atoms with E-state index in [1.165, 1.54) is 6.07 Å². The molecule has 2 aliphatic heterocycles. The molecule has 0 spiro atoms. The van der Waals surface area contributed by atoms with E-state index in [2.05, 4.69) is 27.0 Å². The van der Waals surface area contributed by atoms with Gasteiger partial charge in [-0.25, -0.2) is 9.49 Å². The van der Waals surface area contributed by atoms with Crippen LogP contribution in [-0.2, 0) is 6.42 Å².